The normalized spacial score (nSPS) is 39.2. The van der Waals surface area contributed by atoms with E-state index in [2.05, 4.69) is 4.98 Å². The van der Waals surface area contributed by atoms with Gasteiger partial charge >= 0.3 is 12.1 Å². The van der Waals surface area contributed by atoms with Crippen LogP contribution in [0.5, 0.6) is 0 Å². The first-order chi connectivity index (χ1) is 18.5. The van der Waals surface area contributed by atoms with Gasteiger partial charge in [0.2, 0.25) is 0 Å². The van der Waals surface area contributed by atoms with Crippen molar-refractivity contribution in [1.29, 1.82) is 0 Å². The summed E-state index contributed by atoms with van der Waals surface area (Å²) in [4.78, 5) is 30.5. The number of aliphatic hydroxyl groups is 3. The zero-order chi connectivity index (χ0) is 29.8. The Morgan fingerprint density at radius 2 is 1.90 bits per heavy atom. The summed E-state index contributed by atoms with van der Waals surface area (Å²) in [6, 6.07) is 0. The Labute approximate surface area is 235 Å². The monoisotopic (exact) mass is 589 g/mol. The van der Waals surface area contributed by atoms with Gasteiger partial charge in [0, 0.05) is 17.7 Å². The van der Waals surface area contributed by atoms with Gasteiger partial charge in [-0.2, -0.15) is 13.2 Å². The number of carbonyl (C=O) groups excluding carboxylic acids is 2. The van der Waals surface area contributed by atoms with Gasteiger partial charge in [-0.25, -0.2) is 4.98 Å². The molecule has 8 nitrogen and oxygen atoms in total. The number of hydrogen-bond acceptors (Lipinski definition) is 9. The molecule has 0 bridgehead atoms. The van der Waals surface area contributed by atoms with Crippen LogP contribution in [0.2, 0.25) is 0 Å². The lowest BCUT2D eigenvalue weighted by atomic mass is 9.72. The standard InChI is InChI=1S/C28H38F3NO7S/c1-13(6-17-12-40-22(11-33)32-17)19-8-21-27(39-21,28(29,30)31)10-16-7-18(16)14(2)24(36)15(3)25(37)26(4,5)20(34)9-23(35)38-19/h6,12,14-16,18-21,24,33-34,36H,7-11H2,1-5H3/b13-6+/t14-,15+,16+,18-,19+,20-,21-,24+,27+/m0/s1. The highest BCUT2D eigenvalue weighted by Crippen LogP contribution is 2.61. The number of cyclic esters (lactones) is 1. The Morgan fingerprint density at radius 3 is 2.50 bits per heavy atom. The van der Waals surface area contributed by atoms with Gasteiger partial charge in [-0.15, -0.1) is 11.3 Å². The topological polar surface area (TPSA) is 129 Å². The van der Waals surface area contributed by atoms with Crippen LogP contribution in [-0.2, 0) is 25.7 Å². The molecule has 0 aromatic carbocycles. The quantitative estimate of drug-likeness (QED) is 0.356. The van der Waals surface area contributed by atoms with Gasteiger partial charge in [-0.1, -0.05) is 27.7 Å². The molecule has 0 unspecified atom stereocenters. The molecule has 3 N–H and O–H groups in total. The summed E-state index contributed by atoms with van der Waals surface area (Å²) in [5.74, 6) is -3.19. The molecule has 3 fully saturated rings. The molecule has 12 heteroatoms. The van der Waals surface area contributed by atoms with E-state index >= 15 is 0 Å². The number of aromatic nitrogens is 1. The summed E-state index contributed by atoms with van der Waals surface area (Å²) in [5, 5.41) is 33.3. The zero-order valence-corrected chi connectivity index (χ0v) is 24.1. The van der Waals surface area contributed by atoms with Gasteiger partial charge in [-0.3, -0.25) is 9.59 Å². The summed E-state index contributed by atoms with van der Waals surface area (Å²) in [7, 11) is 0. The highest BCUT2D eigenvalue weighted by Gasteiger charge is 2.74. The van der Waals surface area contributed by atoms with Crippen molar-refractivity contribution in [3.05, 3.63) is 21.7 Å². The summed E-state index contributed by atoms with van der Waals surface area (Å²) in [6.07, 6.45) is -8.58. The Bertz CT molecular complexity index is 1150. The van der Waals surface area contributed by atoms with Crippen LogP contribution >= 0.6 is 11.3 Å². The molecule has 0 spiro atoms. The van der Waals surface area contributed by atoms with E-state index in [0.717, 1.165) is 0 Å². The van der Waals surface area contributed by atoms with Crippen molar-refractivity contribution in [2.75, 3.05) is 0 Å². The molecular formula is C28H38F3NO7S. The predicted octanol–water partition coefficient (Wildman–Crippen LogP) is 4.06. The third-order valence-corrected chi connectivity index (χ3v) is 9.95. The smallest absolute Gasteiger partial charge is 0.420 e. The number of aliphatic hydroxyl groups excluding tert-OH is 3. The second-order valence-electron chi connectivity index (χ2n) is 12.2. The number of ether oxygens (including phenoxy) is 2. The number of epoxide rings is 1. The van der Waals surface area contributed by atoms with E-state index < -0.39 is 71.6 Å². The van der Waals surface area contributed by atoms with Gasteiger partial charge in [0.05, 0.1) is 36.3 Å². The van der Waals surface area contributed by atoms with Crippen LogP contribution in [0.15, 0.2) is 11.0 Å². The molecule has 40 heavy (non-hydrogen) atoms. The van der Waals surface area contributed by atoms with E-state index in [9.17, 15) is 38.1 Å². The lowest BCUT2D eigenvalue weighted by Gasteiger charge is -2.34. The molecule has 2 aliphatic heterocycles. The Morgan fingerprint density at radius 1 is 1.23 bits per heavy atom. The van der Waals surface area contributed by atoms with E-state index in [1.165, 1.54) is 25.2 Å². The molecule has 1 aromatic heterocycles. The highest BCUT2D eigenvalue weighted by atomic mass is 32.1. The van der Waals surface area contributed by atoms with E-state index in [4.69, 9.17) is 9.47 Å². The van der Waals surface area contributed by atoms with Gasteiger partial charge in [-0.05, 0) is 49.2 Å². The maximum Gasteiger partial charge on any atom is 0.420 e. The van der Waals surface area contributed by atoms with Gasteiger partial charge < -0.3 is 24.8 Å². The Kier molecular flexibility index (Phi) is 8.62. The molecule has 224 valence electrons. The second-order valence-corrected chi connectivity index (χ2v) is 13.2. The fourth-order valence-electron chi connectivity index (χ4n) is 6.09. The molecule has 9 atom stereocenters. The van der Waals surface area contributed by atoms with Crippen molar-refractivity contribution in [3.63, 3.8) is 0 Å². The number of alkyl halides is 3. The number of hydrogen-bond donors (Lipinski definition) is 3. The van der Waals surface area contributed by atoms with E-state index in [0.29, 0.717) is 22.7 Å². The number of halogens is 3. The predicted molar refractivity (Wildman–Crippen MR) is 140 cm³/mol. The van der Waals surface area contributed by atoms with Crippen molar-refractivity contribution in [2.24, 2.45) is 29.1 Å². The second kappa shape index (κ2) is 11.1. The SMILES string of the molecule is C/C(=C\c1csc(CO)n1)[C@H]1C[C@@H]2O[C@]2(C(F)(F)F)C[C@H]2C[C@H]2[C@H](C)[C@@H](O)[C@@H](C)C(=O)C(C)(C)[C@@H](O)CC(=O)O1. The van der Waals surface area contributed by atoms with Gasteiger partial charge in [0.15, 0.2) is 5.60 Å². The maximum absolute atomic E-state index is 14.4. The van der Waals surface area contributed by atoms with E-state index in [1.807, 2.05) is 0 Å². The number of carbonyl (C=O) groups is 2. The fourth-order valence-corrected chi connectivity index (χ4v) is 6.70. The average molecular weight is 590 g/mol. The number of thiazole rings is 1. The number of rotatable bonds is 3. The summed E-state index contributed by atoms with van der Waals surface area (Å²) in [5.41, 5.74) is -2.88. The Hall–Kier alpha value is -1.86. The minimum Gasteiger partial charge on any atom is -0.458 e. The minimum absolute atomic E-state index is 0.198. The Balaban J connectivity index is 1.66. The van der Waals surface area contributed by atoms with Gasteiger partial charge in [0.25, 0.3) is 0 Å². The van der Waals surface area contributed by atoms with Crippen molar-refractivity contribution in [2.45, 2.75) is 103 Å². The van der Waals surface area contributed by atoms with Crippen LogP contribution in [0, 0.1) is 29.1 Å². The first kappa shape index (κ1) is 31.1. The number of Topliss-reactive ketones (excluding diaryl/α,β-unsaturated/α-hetero) is 1. The van der Waals surface area contributed by atoms with E-state index in [1.54, 1.807) is 32.2 Å². The van der Waals surface area contributed by atoms with Crippen LogP contribution in [0.1, 0.15) is 71.0 Å². The first-order valence-electron chi connectivity index (χ1n) is 13.6. The van der Waals surface area contributed by atoms with Crippen molar-refractivity contribution < 1.29 is 47.6 Å². The summed E-state index contributed by atoms with van der Waals surface area (Å²) >= 11 is 1.21. The lowest BCUT2D eigenvalue weighted by Crippen LogP contribution is -2.46. The van der Waals surface area contributed by atoms with Crippen LogP contribution in [0.3, 0.4) is 0 Å². The fraction of sp³-hybridized carbons (Fsp3) is 0.750. The molecule has 3 aliphatic rings. The minimum atomic E-state index is -4.65. The van der Waals surface area contributed by atoms with Crippen LogP contribution < -0.4 is 0 Å². The van der Waals surface area contributed by atoms with Crippen molar-refractivity contribution in [1.82, 2.24) is 4.98 Å². The third kappa shape index (κ3) is 6.01. The van der Waals surface area contributed by atoms with Crippen LogP contribution in [-0.4, -0.2) is 68.2 Å². The molecule has 0 radical (unpaired) electrons. The van der Waals surface area contributed by atoms with Crippen molar-refractivity contribution >= 4 is 29.2 Å². The molecule has 0 amide bonds. The number of fused-ring (bicyclic) bond motifs is 2. The first-order valence-corrected chi connectivity index (χ1v) is 14.5. The molecule has 2 saturated heterocycles. The highest BCUT2D eigenvalue weighted by molar-refractivity contribution is 7.09. The molecular weight excluding hydrogens is 551 g/mol. The third-order valence-electron chi connectivity index (χ3n) is 9.10. The van der Waals surface area contributed by atoms with Crippen LogP contribution in [0.4, 0.5) is 13.2 Å². The molecule has 1 aromatic rings. The summed E-state index contributed by atoms with van der Waals surface area (Å²) in [6.45, 7) is 7.63. The number of nitrogens with zero attached hydrogens (tertiary/aromatic N) is 1. The molecule has 1 saturated carbocycles. The number of ketones is 1. The number of esters is 1. The average Bonchev–Trinajstić information content (AvgIpc) is 3.75. The molecule has 3 heterocycles. The summed E-state index contributed by atoms with van der Waals surface area (Å²) < 4.78 is 54.1. The van der Waals surface area contributed by atoms with E-state index in [-0.39, 0.29) is 31.3 Å². The molecule has 4 rings (SSSR count). The van der Waals surface area contributed by atoms with Crippen molar-refractivity contribution in [3.8, 4) is 0 Å². The maximum atomic E-state index is 14.4. The zero-order valence-electron chi connectivity index (χ0n) is 23.3. The largest absolute Gasteiger partial charge is 0.458 e. The van der Waals surface area contributed by atoms with Crippen LogP contribution in [0.25, 0.3) is 6.08 Å². The lowest BCUT2D eigenvalue weighted by molar-refractivity contribution is -0.187. The molecule has 1 aliphatic carbocycles. The van der Waals surface area contributed by atoms with Gasteiger partial charge in [0.1, 0.15) is 23.0 Å².